The Morgan fingerprint density at radius 1 is 1.25 bits per heavy atom. The molecule has 0 aliphatic heterocycles. The van der Waals surface area contributed by atoms with Crippen LogP contribution in [0.3, 0.4) is 0 Å². The molecule has 1 aliphatic rings. The minimum absolute atomic E-state index is 0.175. The third-order valence-electron chi connectivity index (χ3n) is 4.05. The average molecular weight is 329 g/mol. The molecule has 0 fully saturated rings. The summed E-state index contributed by atoms with van der Waals surface area (Å²) in [6.45, 7) is 1.54. The Morgan fingerprint density at radius 3 is 2.79 bits per heavy atom. The van der Waals surface area contributed by atoms with Gasteiger partial charge >= 0.3 is 11.7 Å². The summed E-state index contributed by atoms with van der Waals surface area (Å²) in [5.41, 5.74) is 1.46. The van der Waals surface area contributed by atoms with Gasteiger partial charge in [-0.1, -0.05) is 12.2 Å². The summed E-state index contributed by atoms with van der Waals surface area (Å²) >= 11 is 0. The van der Waals surface area contributed by atoms with E-state index in [-0.39, 0.29) is 17.6 Å². The van der Waals surface area contributed by atoms with E-state index in [1.807, 2.05) is 12.2 Å². The minimum atomic E-state index is -0.885. The molecule has 1 aromatic heterocycles. The van der Waals surface area contributed by atoms with E-state index in [9.17, 15) is 14.4 Å². The minimum Gasteiger partial charge on any atom is -0.452 e. The summed E-state index contributed by atoms with van der Waals surface area (Å²) in [4.78, 5) is 40.7. The van der Waals surface area contributed by atoms with Gasteiger partial charge in [-0.2, -0.15) is 0 Å². The number of amides is 1. The first kappa shape index (κ1) is 16.0. The van der Waals surface area contributed by atoms with Crippen LogP contribution in [0.2, 0.25) is 0 Å². The normalized spacial score (nSPS) is 18.3. The van der Waals surface area contributed by atoms with E-state index in [0.29, 0.717) is 23.1 Å². The summed E-state index contributed by atoms with van der Waals surface area (Å²) in [6.07, 6.45) is 5.39. The van der Waals surface area contributed by atoms with Gasteiger partial charge in [0.25, 0.3) is 5.91 Å². The number of hydrogen-bond acceptors (Lipinski definition) is 4. The van der Waals surface area contributed by atoms with Crippen molar-refractivity contribution in [1.29, 1.82) is 0 Å². The second-order valence-corrected chi connectivity index (χ2v) is 5.89. The number of allylic oxidation sites excluding steroid dienone is 2. The molecular formula is C17H19N3O4. The van der Waals surface area contributed by atoms with Gasteiger partial charge in [0.2, 0.25) is 0 Å². The van der Waals surface area contributed by atoms with Gasteiger partial charge in [-0.25, -0.2) is 4.79 Å². The van der Waals surface area contributed by atoms with Crippen LogP contribution >= 0.6 is 0 Å². The van der Waals surface area contributed by atoms with Gasteiger partial charge in [0.1, 0.15) is 0 Å². The molecule has 0 radical (unpaired) electrons. The number of anilines is 1. The molecule has 7 nitrogen and oxygen atoms in total. The molecule has 1 heterocycles. The fourth-order valence-electron chi connectivity index (χ4n) is 2.69. The number of fused-ring (bicyclic) bond motifs is 1. The molecule has 0 spiro atoms. The van der Waals surface area contributed by atoms with E-state index in [1.54, 1.807) is 25.1 Å². The van der Waals surface area contributed by atoms with Gasteiger partial charge < -0.3 is 20.0 Å². The molecule has 0 saturated carbocycles. The molecule has 7 heteroatoms. The molecule has 126 valence electrons. The van der Waals surface area contributed by atoms with Crippen molar-refractivity contribution in [3.05, 3.63) is 40.8 Å². The zero-order chi connectivity index (χ0) is 17.1. The Bertz CT molecular complexity index is 849. The molecule has 3 N–H and O–H groups in total. The Balaban J connectivity index is 1.61. The molecule has 0 saturated heterocycles. The number of rotatable bonds is 4. The molecule has 1 aliphatic carbocycles. The molecule has 0 unspecified atom stereocenters. The fourth-order valence-corrected chi connectivity index (χ4v) is 2.69. The molecule has 2 atom stereocenters. The Morgan fingerprint density at radius 2 is 2.04 bits per heavy atom. The highest BCUT2D eigenvalue weighted by atomic mass is 16.5. The quantitative estimate of drug-likeness (QED) is 0.590. The number of imidazole rings is 1. The molecule has 3 rings (SSSR count). The summed E-state index contributed by atoms with van der Waals surface area (Å²) in [5, 5.41) is 2.69. The number of carbonyl (C=O) groups excluding carboxylic acids is 2. The lowest BCUT2D eigenvalue weighted by molar-refractivity contribution is -0.157. The molecule has 1 aromatic carbocycles. The number of aromatic nitrogens is 2. The monoisotopic (exact) mass is 329 g/mol. The van der Waals surface area contributed by atoms with Crippen LogP contribution in [0.4, 0.5) is 5.69 Å². The van der Waals surface area contributed by atoms with Gasteiger partial charge in [0.05, 0.1) is 17.0 Å². The number of aromatic amines is 2. The third-order valence-corrected chi connectivity index (χ3v) is 4.05. The van der Waals surface area contributed by atoms with Crippen molar-refractivity contribution in [3.8, 4) is 0 Å². The van der Waals surface area contributed by atoms with Gasteiger partial charge in [0.15, 0.2) is 6.10 Å². The van der Waals surface area contributed by atoms with Crippen molar-refractivity contribution in [2.75, 3.05) is 5.32 Å². The van der Waals surface area contributed by atoms with Crippen LogP contribution in [0.25, 0.3) is 11.0 Å². The van der Waals surface area contributed by atoms with Gasteiger partial charge in [-0.05, 0) is 44.4 Å². The first-order valence-corrected chi connectivity index (χ1v) is 7.91. The highest BCUT2D eigenvalue weighted by Gasteiger charge is 2.25. The first-order valence-electron chi connectivity index (χ1n) is 7.91. The number of ether oxygens (including phenoxy) is 1. The van der Waals surface area contributed by atoms with Crippen molar-refractivity contribution in [1.82, 2.24) is 9.97 Å². The van der Waals surface area contributed by atoms with Crippen LogP contribution in [0, 0.1) is 5.92 Å². The van der Waals surface area contributed by atoms with Crippen LogP contribution in [0.15, 0.2) is 35.1 Å². The van der Waals surface area contributed by atoms with Crippen molar-refractivity contribution < 1.29 is 14.3 Å². The zero-order valence-corrected chi connectivity index (χ0v) is 13.3. The number of nitrogens with one attached hydrogen (secondary N) is 3. The fraction of sp³-hybridized carbons (Fsp3) is 0.353. The standard InChI is InChI=1S/C17H19N3O4/c1-10(24-16(22)11-5-3-2-4-6-11)15(21)18-12-7-8-13-14(9-12)20-17(23)19-13/h2-3,7-11H,4-6H2,1H3,(H,18,21)(H2,19,20,23)/t10-,11+/m1/s1. The van der Waals surface area contributed by atoms with Gasteiger partial charge in [0, 0.05) is 5.69 Å². The first-order chi connectivity index (χ1) is 11.5. The van der Waals surface area contributed by atoms with Crippen LogP contribution in [-0.2, 0) is 14.3 Å². The van der Waals surface area contributed by atoms with Crippen molar-refractivity contribution in [2.24, 2.45) is 5.92 Å². The lowest BCUT2D eigenvalue weighted by Crippen LogP contribution is -2.32. The van der Waals surface area contributed by atoms with E-state index in [0.717, 1.165) is 12.8 Å². The summed E-state index contributed by atoms with van der Waals surface area (Å²) in [6, 6.07) is 5.00. The maximum absolute atomic E-state index is 12.2. The molecular weight excluding hydrogens is 310 g/mol. The number of hydrogen-bond donors (Lipinski definition) is 3. The number of esters is 1. The van der Waals surface area contributed by atoms with Crippen molar-refractivity contribution in [2.45, 2.75) is 32.3 Å². The smallest absolute Gasteiger partial charge is 0.323 e. The van der Waals surface area contributed by atoms with Gasteiger partial charge in [-0.15, -0.1) is 0 Å². The largest absolute Gasteiger partial charge is 0.452 e. The van der Waals surface area contributed by atoms with Crippen molar-refractivity contribution >= 4 is 28.6 Å². The van der Waals surface area contributed by atoms with E-state index in [2.05, 4.69) is 15.3 Å². The average Bonchev–Trinajstić information content (AvgIpc) is 2.94. The second kappa shape index (κ2) is 6.74. The van der Waals surface area contributed by atoms with Crippen molar-refractivity contribution in [3.63, 3.8) is 0 Å². The topological polar surface area (TPSA) is 104 Å². The lowest BCUT2D eigenvalue weighted by Gasteiger charge is -2.19. The van der Waals surface area contributed by atoms with Gasteiger partial charge in [-0.3, -0.25) is 9.59 Å². The molecule has 1 amide bonds. The summed E-state index contributed by atoms with van der Waals surface area (Å²) in [7, 11) is 0. The van der Waals surface area contributed by atoms with Crippen LogP contribution in [0.1, 0.15) is 26.2 Å². The third kappa shape index (κ3) is 3.56. The SMILES string of the molecule is C[C@@H](OC(=O)[C@H]1CC=CCC1)C(=O)Nc1ccc2[nH]c(=O)[nH]c2c1. The number of carbonyl (C=O) groups is 2. The van der Waals surface area contributed by atoms with E-state index in [1.165, 1.54) is 0 Å². The van der Waals surface area contributed by atoms with Crippen LogP contribution in [0.5, 0.6) is 0 Å². The summed E-state index contributed by atoms with van der Waals surface area (Å²) in [5.74, 6) is -0.925. The number of H-pyrrole nitrogens is 2. The summed E-state index contributed by atoms with van der Waals surface area (Å²) < 4.78 is 5.27. The molecule has 2 aromatic rings. The highest BCUT2D eigenvalue weighted by Crippen LogP contribution is 2.20. The predicted octanol–water partition coefficient (Wildman–Crippen LogP) is 2.08. The Hall–Kier alpha value is -2.83. The zero-order valence-electron chi connectivity index (χ0n) is 13.3. The number of benzene rings is 1. The molecule has 0 bridgehead atoms. The van der Waals surface area contributed by atoms with Crippen LogP contribution < -0.4 is 11.0 Å². The van der Waals surface area contributed by atoms with E-state index in [4.69, 9.17) is 4.74 Å². The second-order valence-electron chi connectivity index (χ2n) is 5.89. The maximum Gasteiger partial charge on any atom is 0.323 e. The highest BCUT2D eigenvalue weighted by molar-refractivity contribution is 5.96. The predicted molar refractivity (Wildman–Crippen MR) is 89.6 cm³/mol. The Kier molecular flexibility index (Phi) is 4.50. The van der Waals surface area contributed by atoms with E-state index < -0.39 is 12.0 Å². The lowest BCUT2D eigenvalue weighted by atomic mass is 9.95. The Labute approximate surface area is 138 Å². The van der Waals surface area contributed by atoms with Crippen LogP contribution in [-0.4, -0.2) is 27.9 Å². The maximum atomic E-state index is 12.2. The molecule has 24 heavy (non-hydrogen) atoms. The van der Waals surface area contributed by atoms with E-state index >= 15 is 0 Å².